The van der Waals surface area contributed by atoms with Crippen molar-refractivity contribution in [3.05, 3.63) is 63.8 Å². The molecular formula is C22H22F4N4. The number of allylic oxidation sites excluding steroid dienone is 1. The number of rotatable bonds is 5. The molecule has 158 valence electrons. The molecule has 30 heavy (non-hydrogen) atoms. The van der Waals surface area contributed by atoms with Gasteiger partial charge in [-0.2, -0.15) is 0 Å². The fourth-order valence-corrected chi connectivity index (χ4v) is 3.59. The number of benzene rings is 1. The minimum atomic E-state index is -3.29. The van der Waals surface area contributed by atoms with Crippen LogP contribution < -0.4 is 15.9 Å². The van der Waals surface area contributed by atoms with E-state index in [1.54, 1.807) is 18.0 Å². The zero-order chi connectivity index (χ0) is 21.8. The van der Waals surface area contributed by atoms with E-state index in [2.05, 4.69) is 21.9 Å². The number of hydrogen-bond acceptors (Lipinski definition) is 4. The van der Waals surface area contributed by atoms with Gasteiger partial charge < -0.3 is 10.2 Å². The molecule has 4 nitrogen and oxygen atoms in total. The van der Waals surface area contributed by atoms with Crippen molar-refractivity contribution < 1.29 is 17.6 Å². The second-order valence-corrected chi connectivity index (χ2v) is 8.16. The maximum absolute atomic E-state index is 15.0. The molecule has 0 spiro atoms. The van der Waals surface area contributed by atoms with Gasteiger partial charge in [-0.05, 0) is 26.7 Å². The lowest BCUT2D eigenvalue weighted by molar-refractivity contribution is 0.0136. The van der Waals surface area contributed by atoms with Crippen LogP contribution >= 0.6 is 0 Å². The van der Waals surface area contributed by atoms with Crippen LogP contribution in [0.2, 0.25) is 0 Å². The molecule has 1 N–H and O–H groups in total. The summed E-state index contributed by atoms with van der Waals surface area (Å²) in [5.41, 5.74) is -0.565. The van der Waals surface area contributed by atoms with E-state index >= 15 is 4.39 Å². The summed E-state index contributed by atoms with van der Waals surface area (Å²) in [6.07, 6.45) is 3.57. The fraction of sp³-hybridized carbons (Fsp3) is 0.364. The predicted octanol–water partition coefficient (Wildman–Crippen LogP) is 3.85. The number of aryl methyl sites for hydroxylation is 1. The van der Waals surface area contributed by atoms with Gasteiger partial charge in [0.25, 0.3) is 5.92 Å². The summed E-state index contributed by atoms with van der Waals surface area (Å²) >= 11 is 0. The Bertz CT molecular complexity index is 1160. The Morgan fingerprint density at radius 3 is 2.57 bits per heavy atom. The summed E-state index contributed by atoms with van der Waals surface area (Å²) in [6, 6.07) is 3.87. The topological polar surface area (TPSA) is 41.1 Å². The number of nitrogens with one attached hydrogen (secondary N) is 1. The van der Waals surface area contributed by atoms with Crippen molar-refractivity contribution in [2.75, 3.05) is 5.32 Å². The van der Waals surface area contributed by atoms with E-state index in [0.717, 1.165) is 18.9 Å². The van der Waals surface area contributed by atoms with Gasteiger partial charge in [0.15, 0.2) is 5.83 Å². The molecule has 2 heterocycles. The van der Waals surface area contributed by atoms with Crippen LogP contribution in [-0.2, 0) is 12.5 Å². The second kappa shape index (κ2) is 6.82. The van der Waals surface area contributed by atoms with Crippen LogP contribution in [0.3, 0.4) is 0 Å². The normalized spacial score (nSPS) is 17.5. The van der Waals surface area contributed by atoms with Gasteiger partial charge in [-0.25, -0.2) is 27.5 Å². The number of nitrogens with zero attached hydrogens (tertiary/aromatic N) is 3. The first-order valence-electron chi connectivity index (χ1n) is 9.66. The molecule has 0 bridgehead atoms. The minimum Gasteiger partial charge on any atom is -0.365 e. The van der Waals surface area contributed by atoms with Crippen molar-refractivity contribution in [3.63, 3.8) is 0 Å². The third-order valence-corrected chi connectivity index (χ3v) is 5.62. The van der Waals surface area contributed by atoms with Crippen molar-refractivity contribution in [2.24, 2.45) is 0 Å². The van der Waals surface area contributed by atoms with Crippen molar-refractivity contribution in [1.82, 2.24) is 14.9 Å². The largest absolute Gasteiger partial charge is 0.365 e. The van der Waals surface area contributed by atoms with Gasteiger partial charge in [0.05, 0.1) is 16.5 Å². The maximum atomic E-state index is 15.0. The second-order valence-electron chi connectivity index (χ2n) is 8.16. The van der Waals surface area contributed by atoms with Gasteiger partial charge in [0.2, 0.25) is 0 Å². The number of aromatic nitrogens is 2. The average Bonchev–Trinajstić information content (AvgIpc) is 3.41. The van der Waals surface area contributed by atoms with E-state index in [0.29, 0.717) is 23.8 Å². The molecule has 0 saturated heterocycles. The van der Waals surface area contributed by atoms with Gasteiger partial charge in [-0.3, -0.25) is 0 Å². The quantitative estimate of drug-likeness (QED) is 0.749. The number of halogens is 4. The first-order chi connectivity index (χ1) is 14.0. The van der Waals surface area contributed by atoms with Crippen molar-refractivity contribution in [3.8, 4) is 0 Å². The van der Waals surface area contributed by atoms with Crippen LogP contribution in [0.1, 0.15) is 43.6 Å². The standard InChI is InChI=1S/C22H22F4N4/c1-12-17(23)19-15(11-30(12)21(3)8-9-21)20(29-13(2)28-19)27-10-14-6-5-7-16(18(14)24)22(4,25)26/h5-7,11H,1,8-10H2,2-4H3,(H,27,28,29). The summed E-state index contributed by atoms with van der Waals surface area (Å²) in [5, 5.41) is 3.52. The molecule has 0 amide bonds. The van der Waals surface area contributed by atoms with Crippen molar-refractivity contribution >= 4 is 17.8 Å². The lowest BCUT2D eigenvalue weighted by atomic mass is 10.0. The Labute approximate surface area is 171 Å². The van der Waals surface area contributed by atoms with E-state index in [4.69, 9.17) is 0 Å². The lowest BCUT2D eigenvalue weighted by Gasteiger charge is -2.31. The van der Waals surface area contributed by atoms with Gasteiger partial charge in [-0.15, -0.1) is 0 Å². The van der Waals surface area contributed by atoms with E-state index in [9.17, 15) is 13.2 Å². The van der Waals surface area contributed by atoms with E-state index in [-0.39, 0.29) is 28.7 Å². The van der Waals surface area contributed by atoms with Gasteiger partial charge in [0.1, 0.15) is 22.8 Å². The number of anilines is 1. The SMILES string of the molecule is C=C1C(F)=c2nc(C)nc(NCc3cccc(C(C)(F)F)c3F)c2=CN1C1(C)CC1. The van der Waals surface area contributed by atoms with Gasteiger partial charge in [-0.1, -0.05) is 24.8 Å². The lowest BCUT2D eigenvalue weighted by Crippen LogP contribution is -2.44. The number of alkyl halides is 2. The van der Waals surface area contributed by atoms with E-state index in [1.165, 1.54) is 12.1 Å². The molecule has 4 rings (SSSR count). The third kappa shape index (κ3) is 3.44. The molecule has 1 fully saturated rings. The Kier molecular flexibility index (Phi) is 4.63. The van der Waals surface area contributed by atoms with E-state index < -0.39 is 23.1 Å². The fourth-order valence-electron chi connectivity index (χ4n) is 3.59. The average molecular weight is 418 g/mol. The molecular weight excluding hydrogens is 396 g/mol. The molecule has 1 saturated carbocycles. The molecule has 1 aromatic carbocycles. The summed E-state index contributed by atoms with van der Waals surface area (Å²) in [4.78, 5) is 10.3. The van der Waals surface area contributed by atoms with Crippen LogP contribution in [-0.4, -0.2) is 20.4 Å². The predicted molar refractivity (Wildman–Crippen MR) is 107 cm³/mol. The Morgan fingerprint density at radius 2 is 1.93 bits per heavy atom. The molecule has 0 unspecified atom stereocenters. The van der Waals surface area contributed by atoms with Gasteiger partial charge in [0, 0.05) is 30.8 Å². The molecule has 1 aliphatic heterocycles. The third-order valence-electron chi connectivity index (χ3n) is 5.62. The van der Waals surface area contributed by atoms with Gasteiger partial charge >= 0.3 is 0 Å². The van der Waals surface area contributed by atoms with Crippen LogP contribution in [0.4, 0.5) is 23.4 Å². The van der Waals surface area contributed by atoms with Crippen LogP contribution in [0.15, 0.2) is 30.5 Å². The smallest absolute Gasteiger partial charge is 0.273 e. The highest BCUT2D eigenvalue weighted by molar-refractivity contribution is 5.63. The molecule has 2 aliphatic rings. The molecule has 0 atom stereocenters. The highest BCUT2D eigenvalue weighted by Crippen LogP contribution is 2.45. The van der Waals surface area contributed by atoms with Crippen molar-refractivity contribution in [1.29, 1.82) is 0 Å². The first kappa shape index (κ1) is 20.4. The summed E-state index contributed by atoms with van der Waals surface area (Å²) in [7, 11) is 0. The minimum absolute atomic E-state index is 0.0646. The molecule has 2 aromatic rings. The first-order valence-corrected chi connectivity index (χ1v) is 9.66. The molecule has 1 aromatic heterocycles. The number of fused-ring (bicyclic) bond motifs is 1. The molecule has 1 aliphatic carbocycles. The summed E-state index contributed by atoms with van der Waals surface area (Å²) < 4.78 is 56.9. The number of hydrogen-bond donors (Lipinski definition) is 1. The Hall–Kier alpha value is -2.90. The molecule has 0 radical (unpaired) electrons. The van der Waals surface area contributed by atoms with E-state index in [1.807, 2.05) is 6.92 Å². The zero-order valence-corrected chi connectivity index (χ0v) is 17.0. The van der Waals surface area contributed by atoms with Crippen LogP contribution in [0.25, 0.3) is 12.0 Å². The molecule has 8 heteroatoms. The zero-order valence-electron chi connectivity index (χ0n) is 17.0. The highest BCUT2D eigenvalue weighted by atomic mass is 19.3. The maximum Gasteiger partial charge on any atom is 0.273 e. The Balaban J connectivity index is 1.75. The van der Waals surface area contributed by atoms with Crippen LogP contribution in [0, 0.1) is 12.7 Å². The Morgan fingerprint density at radius 1 is 1.23 bits per heavy atom. The van der Waals surface area contributed by atoms with Crippen molar-refractivity contribution in [2.45, 2.75) is 51.6 Å². The van der Waals surface area contributed by atoms with Crippen LogP contribution in [0.5, 0.6) is 0 Å². The monoisotopic (exact) mass is 418 g/mol. The summed E-state index contributed by atoms with van der Waals surface area (Å²) in [6.45, 7) is 8.06. The summed E-state index contributed by atoms with van der Waals surface area (Å²) in [5.74, 6) is -4.17. The highest BCUT2D eigenvalue weighted by Gasteiger charge is 2.44.